The average Bonchev–Trinajstić information content (AvgIpc) is 3.07. The van der Waals surface area contributed by atoms with Crippen molar-refractivity contribution >= 4 is 11.6 Å². The van der Waals surface area contributed by atoms with Crippen LogP contribution in [0.15, 0.2) is 18.3 Å². The Morgan fingerprint density at radius 1 is 1.53 bits per heavy atom. The van der Waals surface area contributed by atoms with E-state index >= 15 is 0 Å². The molecule has 2 aromatic rings. The molecule has 0 spiro atoms. The maximum absolute atomic E-state index is 10.9. The van der Waals surface area contributed by atoms with Gasteiger partial charge in [0.05, 0.1) is 0 Å². The quantitative estimate of drug-likeness (QED) is 0.812. The Morgan fingerprint density at radius 3 is 2.94 bits per heavy atom. The lowest BCUT2D eigenvalue weighted by atomic mass is 10.1. The molecule has 6 nitrogen and oxygen atoms in total. The van der Waals surface area contributed by atoms with Gasteiger partial charge in [0.1, 0.15) is 11.9 Å². The lowest BCUT2D eigenvalue weighted by molar-refractivity contribution is -0.138. The van der Waals surface area contributed by atoms with E-state index in [0.717, 1.165) is 18.7 Å². The summed E-state index contributed by atoms with van der Waals surface area (Å²) in [6, 6.07) is 2.40. The van der Waals surface area contributed by atoms with Crippen molar-refractivity contribution in [2.24, 2.45) is 5.73 Å². The molecule has 1 aliphatic rings. The highest BCUT2D eigenvalue weighted by Crippen LogP contribution is 2.39. The molecule has 17 heavy (non-hydrogen) atoms. The SMILES string of the molecule is NC(C(=O)O)c1cccn2c(C3CC3)nnc12. The molecule has 6 heteroatoms. The summed E-state index contributed by atoms with van der Waals surface area (Å²) in [5.74, 6) is 0.301. The minimum atomic E-state index is -1.06. The molecule has 1 unspecified atom stereocenters. The molecule has 0 amide bonds. The third-order valence-corrected chi connectivity index (χ3v) is 3.03. The maximum Gasteiger partial charge on any atom is 0.325 e. The summed E-state index contributed by atoms with van der Waals surface area (Å²) in [4.78, 5) is 10.9. The zero-order valence-corrected chi connectivity index (χ0v) is 9.08. The number of fused-ring (bicyclic) bond motifs is 1. The lowest BCUT2D eigenvalue weighted by Crippen LogP contribution is -2.21. The first-order valence-corrected chi connectivity index (χ1v) is 5.50. The molecule has 0 aromatic carbocycles. The first kappa shape index (κ1) is 10.2. The van der Waals surface area contributed by atoms with Crippen LogP contribution in [0.5, 0.6) is 0 Å². The Kier molecular flexibility index (Phi) is 2.12. The van der Waals surface area contributed by atoms with Gasteiger partial charge < -0.3 is 10.8 Å². The first-order chi connectivity index (χ1) is 8.18. The number of pyridine rings is 1. The Balaban J connectivity index is 2.16. The van der Waals surface area contributed by atoms with E-state index in [9.17, 15) is 4.79 Å². The predicted molar refractivity (Wildman–Crippen MR) is 59.5 cm³/mol. The van der Waals surface area contributed by atoms with Crippen molar-refractivity contribution in [1.29, 1.82) is 0 Å². The smallest absolute Gasteiger partial charge is 0.325 e. The van der Waals surface area contributed by atoms with Gasteiger partial charge in [0, 0.05) is 17.7 Å². The van der Waals surface area contributed by atoms with Crippen molar-refractivity contribution in [1.82, 2.24) is 14.6 Å². The molecule has 3 rings (SSSR count). The molecule has 0 radical (unpaired) electrons. The second kappa shape index (κ2) is 3.53. The highest BCUT2D eigenvalue weighted by molar-refractivity contribution is 5.78. The van der Waals surface area contributed by atoms with Crippen molar-refractivity contribution in [2.75, 3.05) is 0 Å². The molecule has 0 bridgehead atoms. The van der Waals surface area contributed by atoms with E-state index in [4.69, 9.17) is 10.8 Å². The number of hydrogen-bond acceptors (Lipinski definition) is 4. The van der Waals surface area contributed by atoms with E-state index in [1.807, 2.05) is 10.6 Å². The molecule has 0 saturated heterocycles. The monoisotopic (exact) mass is 232 g/mol. The molecule has 88 valence electrons. The average molecular weight is 232 g/mol. The van der Waals surface area contributed by atoms with E-state index in [-0.39, 0.29) is 0 Å². The van der Waals surface area contributed by atoms with Gasteiger partial charge in [0.25, 0.3) is 0 Å². The van der Waals surface area contributed by atoms with Crippen molar-refractivity contribution in [3.63, 3.8) is 0 Å². The number of carboxylic acid groups (broad SMARTS) is 1. The fourth-order valence-electron chi connectivity index (χ4n) is 1.95. The van der Waals surface area contributed by atoms with Crippen LogP contribution in [0.4, 0.5) is 0 Å². The first-order valence-electron chi connectivity index (χ1n) is 5.50. The zero-order chi connectivity index (χ0) is 12.0. The Bertz CT molecular complexity index is 588. The molecule has 2 aromatic heterocycles. The number of carboxylic acids is 1. The number of nitrogens with zero attached hydrogens (tertiary/aromatic N) is 3. The summed E-state index contributed by atoms with van der Waals surface area (Å²) < 4.78 is 1.84. The number of rotatable bonds is 3. The molecule has 1 fully saturated rings. The van der Waals surface area contributed by atoms with Crippen LogP contribution >= 0.6 is 0 Å². The van der Waals surface area contributed by atoms with Gasteiger partial charge in [-0.25, -0.2) is 0 Å². The van der Waals surface area contributed by atoms with Crippen LogP contribution in [0.1, 0.15) is 36.2 Å². The number of aliphatic carboxylic acids is 1. The molecule has 0 aliphatic heterocycles. The van der Waals surface area contributed by atoms with E-state index in [0.29, 0.717) is 17.1 Å². The molecule has 1 saturated carbocycles. The van der Waals surface area contributed by atoms with Crippen LogP contribution in [0.25, 0.3) is 5.65 Å². The highest BCUT2D eigenvalue weighted by atomic mass is 16.4. The molecule has 2 heterocycles. The van der Waals surface area contributed by atoms with Crippen LogP contribution in [0.2, 0.25) is 0 Å². The highest BCUT2D eigenvalue weighted by Gasteiger charge is 2.29. The van der Waals surface area contributed by atoms with Crippen LogP contribution < -0.4 is 5.73 Å². The molecular formula is C11H12N4O2. The standard InChI is InChI=1S/C11H12N4O2/c12-8(11(16)17)7-2-1-5-15-9(6-3-4-6)13-14-10(7)15/h1-2,5-6,8H,3-4,12H2,(H,16,17). The summed E-state index contributed by atoms with van der Waals surface area (Å²) in [7, 11) is 0. The van der Waals surface area contributed by atoms with Gasteiger partial charge in [0.2, 0.25) is 0 Å². The van der Waals surface area contributed by atoms with Gasteiger partial charge >= 0.3 is 5.97 Å². The second-order valence-corrected chi connectivity index (χ2v) is 4.31. The van der Waals surface area contributed by atoms with E-state index in [2.05, 4.69) is 10.2 Å². The summed E-state index contributed by atoms with van der Waals surface area (Å²) in [6.07, 6.45) is 4.09. The Hall–Kier alpha value is -1.95. The lowest BCUT2D eigenvalue weighted by Gasteiger charge is -2.07. The summed E-state index contributed by atoms with van der Waals surface area (Å²) >= 11 is 0. The van der Waals surface area contributed by atoms with Crippen molar-refractivity contribution in [3.8, 4) is 0 Å². The third-order valence-electron chi connectivity index (χ3n) is 3.03. The fourth-order valence-corrected chi connectivity index (χ4v) is 1.95. The molecule has 1 atom stereocenters. The minimum Gasteiger partial charge on any atom is -0.480 e. The molecule has 1 aliphatic carbocycles. The van der Waals surface area contributed by atoms with E-state index in [1.54, 1.807) is 12.1 Å². The minimum absolute atomic E-state index is 0.460. The number of nitrogens with two attached hydrogens (primary N) is 1. The summed E-state index contributed by atoms with van der Waals surface area (Å²) in [5, 5.41) is 17.1. The van der Waals surface area contributed by atoms with Crippen LogP contribution in [-0.4, -0.2) is 25.7 Å². The zero-order valence-electron chi connectivity index (χ0n) is 9.08. The van der Waals surface area contributed by atoms with E-state index < -0.39 is 12.0 Å². The van der Waals surface area contributed by atoms with Crippen LogP contribution in [-0.2, 0) is 4.79 Å². The van der Waals surface area contributed by atoms with Crippen molar-refractivity contribution in [2.45, 2.75) is 24.8 Å². The number of aromatic nitrogens is 3. The normalized spacial score (nSPS) is 17.2. The Morgan fingerprint density at radius 2 is 2.29 bits per heavy atom. The fraction of sp³-hybridized carbons (Fsp3) is 0.364. The summed E-state index contributed by atoms with van der Waals surface area (Å²) in [5.41, 5.74) is 6.67. The predicted octanol–water partition coefficient (Wildman–Crippen LogP) is 0.691. The van der Waals surface area contributed by atoms with Gasteiger partial charge in [0.15, 0.2) is 5.65 Å². The summed E-state index contributed by atoms with van der Waals surface area (Å²) in [6.45, 7) is 0. The Labute approximate surface area is 97.1 Å². The maximum atomic E-state index is 10.9. The van der Waals surface area contributed by atoms with Crippen LogP contribution in [0, 0.1) is 0 Å². The topological polar surface area (TPSA) is 93.5 Å². The molecule has 3 N–H and O–H groups in total. The van der Waals surface area contributed by atoms with E-state index in [1.165, 1.54) is 0 Å². The van der Waals surface area contributed by atoms with Gasteiger partial charge in [-0.2, -0.15) is 0 Å². The number of hydrogen-bond donors (Lipinski definition) is 2. The largest absolute Gasteiger partial charge is 0.480 e. The third kappa shape index (κ3) is 1.57. The second-order valence-electron chi connectivity index (χ2n) is 4.31. The van der Waals surface area contributed by atoms with Gasteiger partial charge in [-0.05, 0) is 18.9 Å². The number of carbonyl (C=O) groups is 1. The van der Waals surface area contributed by atoms with Crippen molar-refractivity contribution in [3.05, 3.63) is 29.7 Å². The molecular weight excluding hydrogens is 220 g/mol. The van der Waals surface area contributed by atoms with Gasteiger partial charge in [-0.15, -0.1) is 10.2 Å². The van der Waals surface area contributed by atoms with Crippen LogP contribution in [0.3, 0.4) is 0 Å². The van der Waals surface area contributed by atoms with Gasteiger partial charge in [-0.3, -0.25) is 9.20 Å². The van der Waals surface area contributed by atoms with Gasteiger partial charge in [-0.1, -0.05) is 6.07 Å². The van der Waals surface area contributed by atoms with Crippen molar-refractivity contribution < 1.29 is 9.90 Å².